The van der Waals surface area contributed by atoms with Gasteiger partial charge in [0.05, 0.1) is 0 Å². The highest BCUT2D eigenvalue weighted by Gasteiger charge is 2.43. The van der Waals surface area contributed by atoms with E-state index >= 15 is 0 Å². The SMILES string of the molecule is CN(C)CCc1ccc(-c2ccc3c(=O)n(CC[C@@](C)(C(=O)NO)S(C)(=O)=O)ccc3c2)cc1. The summed E-state index contributed by atoms with van der Waals surface area (Å²) >= 11 is 0. The molecule has 182 valence electrons. The van der Waals surface area contributed by atoms with Gasteiger partial charge in [-0.15, -0.1) is 0 Å². The molecule has 0 aliphatic carbocycles. The van der Waals surface area contributed by atoms with Crippen molar-refractivity contribution in [3.8, 4) is 11.1 Å². The summed E-state index contributed by atoms with van der Waals surface area (Å²) in [5.74, 6) is -1.03. The lowest BCUT2D eigenvalue weighted by Gasteiger charge is -2.25. The lowest BCUT2D eigenvalue weighted by molar-refractivity contribution is -0.131. The quantitative estimate of drug-likeness (QED) is 0.356. The van der Waals surface area contributed by atoms with E-state index in [1.807, 2.05) is 26.2 Å². The summed E-state index contributed by atoms with van der Waals surface area (Å²) in [5, 5.41) is 10.3. The maximum atomic E-state index is 13.0. The third-order valence-corrected chi connectivity index (χ3v) is 8.37. The standard InChI is InChI=1S/C25H31N3O5S/c1-25(24(30)26-31,34(4,32)33)13-16-28-15-12-21-17-20(9-10-22(21)23(28)29)19-7-5-18(6-8-19)11-14-27(2)3/h5-10,12,15,17,31H,11,13-14,16H2,1-4H3,(H,26,30)/t25-/m0/s1. The number of amides is 1. The van der Waals surface area contributed by atoms with Gasteiger partial charge in [0, 0.05) is 30.9 Å². The normalized spacial score (nSPS) is 13.7. The Balaban J connectivity index is 1.85. The summed E-state index contributed by atoms with van der Waals surface area (Å²) in [6.07, 6.45) is 3.34. The van der Waals surface area contributed by atoms with Crippen LogP contribution in [-0.2, 0) is 27.6 Å². The van der Waals surface area contributed by atoms with Crippen molar-refractivity contribution in [1.82, 2.24) is 14.9 Å². The van der Waals surface area contributed by atoms with E-state index in [9.17, 15) is 18.0 Å². The van der Waals surface area contributed by atoms with Gasteiger partial charge >= 0.3 is 0 Å². The molecule has 0 spiro atoms. The average Bonchev–Trinajstić information content (AvgIpc) is 2.81. The van der Waals surface area contributed by atoms with Crippen molar-refractivity contribution in [3.63, 3.8) is 0 Å². The minimum Gasteiger partial charge on any atom is -0.315 e. The maximum Gasteiger partial charge on any atom is 0.264 e. The molecule has 0 aliphatic heterocycles. The number of benzene rings is 2. The Kier molecular flexibility index (Phi) is 7.60. The first-order valence-corrected chi connectivity index (χ1v) is 12.9. The molecular formula is C25H31N3O5S. The zero-order valence-electron chi connectivity index (χ0n) is 19.9. The Labute approximate surface area is 199 Å². The van der Waals surface area contributed by atoms with Crippen molar-refractivity contribution in [2.75, 3.05) is 26.9 Å². The van der Waals surface area contributed by atoms with E-state index in [2.05, 4.69) is 29.2 Å². The average molecular weight is 486 g/mol. The fourth-order valence-electron chi connectivity index (χ4n) is 3.78. The molecule has 9 heteroatoms. The monoisotopic (exact) mass is 485 g/mol. The number of hydrogen-bond acceptors (Lipinski definition) is 6. The smallest absolute Gasteiger partial charge is 0.264 e. The van der Waals surface area contributed by atoms with Gasteiger partial charge in [0.2, 0.25) is 0 Å². The lowest BCUT2D eigenvalue weighted by Crippen LogP contribution is -2.49. The third kappa shape index (κ3) is 5.38. The highest BCUT2D eigenvalue weighted by Crippen LogP contribution is 2.25. The van der Waals surface area contributed by atoms with Crippen molar-refractivity contribution in [2.45, 2.75) is 31.1 Å². The van der Waals surface area contributed by atoms with E-state index in [0.717, 1.165) is 35.7 Å². The summed E-state index contributed by atoms with van der Waals surface area (Å²) in [7, 11) is 0.260. The third-order valence-electron chi connectivity index (χ3n) is 6.34. The zero-order valence-corrected chi connectivity index (χ0v) is 20.7. The zero-order chi connectivity index (χ0) is 25.1. The summed E-state index contributed by atoms with van der Waals surface area (Å²) in [6, 6.07) is 15.8. The van der Waals surface area contributed by atoms with Crippen molar-refractivity contribution in [3.05, 3.63) is 70.6 Å². The van der Waals surface area contributed by atoms with Crippen LogP contribution < -0.4 is 11.0 Å². The fourth-order valence-corrected chi connectivity index (χ4v) is 4.62. The largest absolute Gasteiger partial charge is 0.315 e. The molecule has 1 heterocycles. The molecule has 2 N–H and O–H groups in total. The van der Waals surface area contributed by atoms with Crippen molar-refractivity contribution < 1.29 is 18.4 Å². The predicted octanol–water partition coefficient (Wildman–Crippen LogP) is 2.47. The maximum absolute atomic E-state index is 13.0. The molecule has 1 aromatic heterocycles. The van der Waals surface area contributed by atoms with Crippen LogP contribution in [0.4, 0.5) is 0 Å². The second-order valence-electron chi connectivity index (χ2n) is 9.06. The molecule has 1 atom stereocenters. The number of sulfone groups is 1. The van der Waals surface area contributed by atoms with Crippen molar-refractivity contribution in [1.29, 1.82) is 0 Å². The van der Waals surface area contributed by atoms with E-state index in [4.69, 9.17) is 5.21 Å². The van der Waals surface area contributed by atoms with Gasteiger partial charge in [-0.05, 0) is 74.1 Å². The molecule has 8 nitrogen and oxygen atoms in total. The molecule has 0 fully saturated rings. The number of likely N-dealkylation sites (N-methyl/N-ethyl adjacent to an activating group) is 1. The Hall–Kier alpha value is -3.01. The number of fused-ring (bicyclic) bond motifs is 1. The first kappa shape index (κ1) is 25.6. The number of carbonyl (C=O) groups excluding carboxylic acids is 1. The Morgan fingerprint density at radius 1 is 1.09 bits per heavy atom. The van der Waals surface area contributed by atoms with Gasteiger partial charge in [-0.25, -0.2) is 13.9 Å². The minimum atomic E-state index is -3.84. The number of aryl methyl sites for hydroxylation is 1. The van der Waals surface area contributed by atoms with Gasteiger partial charge in [-0.2, -0.15) is 0 Å². The van der Waals surface area contributed by atoms with Crippen LogP contribution in [0, 0.1) is 0 Å². The van der Waals surface area contributed by atoms with E-state index in [-0.39, 0.29) is 18.5 Å². The molecule has 0 bridgehead atoms. The number of pyridine rings is 1. The first-order chi connectivity index (χ1) is 16.0. The molecule has 3 aromatic rings. The Morgan fingerprint density at radius 3 is 2.32 bits per heavy atom. The van der Waals surface area contributed by atoms with Crippen molar-refractivity contribution in [2.24, 2.45) is 0 Å². The summed E-state index contributed by atoms with van der Waals surface area (Å²) in [5.41, 5.74) is 4.46. The Bertz CT molecular complexity index is 1350. The van der Waals surface area contributed by atoms with Gasteiger partial charge in [-0.1, -0.05) is 30.3 Å². The van der Waals surface area contributed by atoms with Crippen LogP contribution in [-0.4, -0.2) is 60.6 Å². The van der Waals surface area contributed by atoms with Crippen LogP contribution in [0.15, 0.2) is 59.5 Å². The number of rotatable bonds is 9. The number of aromatic nitrogens is 1. The van der Waals surface area contributed by atoms with Crippen LogP contribution in [0.5, 0.6) is 0 Å². The van der Waals surface area contributed by atoms with E-state index in [1.165, 1.54) is 22.5 Å². The van der Waals surface area contributed by atoms with Crippen LogP contribution in [0.1, 0.15) is 18.9 Å². The molecule has 2 aromatic carbocycles. The number of carbonyl (C=O) groups is 1. The number of hydroxylamine groups is 1. The molecule has 34 heavy (non-hydrogen) atoms. The van der Waals surface area contributed by atoms with Gasteiger partial charge in [0.25, 0.3) is 11.5 Å². The predicted molar refractivity (Wildman–Crippen MR) is 134 cm³/mol. The molecule has 0 aliphatic rings. The van der Waals surface area contributed by atoms with E-state index in [0.29, 0.717) is 5.39 Å². The van der Waals surface area contributed by atoms with E-state index < -0.39 is 20.5 Å². The highest BCUT2D eigenvalue weighted by molar-refractivity contribution is 7.92. The fraction of sp³-hybridized carbons (Fsp3) is 0.360. The first-order valence-electron chi connectivity index (χ1n) is 11.0. The number of hydrogen-bond donors (Lipinski definition) is 2. The number of nitrogens with zero attached hydrogens (tertiary/aromatic N) is 2. The molecule has 3 rings (SSSR count). The summed E-state index contributed by atoms with van der Waals surface area (Å²) < 4.78 is 23.9. The second-order valence-corrected chi connectivity index (χ2v) is 11.5. The molecule has 0 radical (unpaired) electrons. The molecular weight excluding hydrogens is 454 g/mol. The molecule has 0 saturated carbocycles. The van der Waals surface area contributed by atoms with Gasteiger partial charge in [-0.3, -0.25) is 14.8 Å². The molecule has 0 unspecified atom stereocenters. The minimum absolute atomic E-state index is 0.00191. The number of nitrogens with one attached hydrogen (secondary N) is 1. The van der Waals surface area contributed by atoms with E-state index in [1.54, 1.807) is 18.3 Å². The summed E-state index contributed by atoms with van der Waals surface area (Å²) in [4.78, 5) is 27.2. The topological polar surface area (TPSA) is 109 Å². The van der Waals surface area contributed by atoms with Crippen LogP contribution in [0.25, 0.3) is 21.9 Å². The molecule has 0 saturated heterocycles. The van der Waals surface area contributed by atoms with Crippen molar-refractivity contribution >= 4 is 26.5 Å². The lowest BCUT2D eigenvalue weighted by atomic mass is 10.00. The van der Waals surface area contributed by atoms with Crippen LogP contribution >= 0.6 is 0 Å². The van der Waals surface area contributed by atoms with Gasteiger partial charge in [0.1, 0.15) is 0 Å². The molecule has 1 amide bonds. The van der Waals surface area contributed by atoms with Crippen LogP contribution in [0.2, 0.25) is 0 Å². The Morgan fingerprint density at radius 2 is 1.74 bits per heavy atom. The van der Waals surface area contributed by atoms with Gasteiger partial charge < -0.3 is 9.47 Å². The van der Waals surface area contributed by atoms with Gasteiger partial charge in [0.15, 0.2) is 14.6 Å². The summed E-state index contributed by atoms with van der Waals surface area (Å²) in [6.45, 7) is 2.22. The van der Waals surface area contributed by atoms with Crippen LogP contribution in [0.3, 0.4) is 0 Å². The second kappa shape index (κ2) is 10.1. The highest BCUT2D eigenvalue weighted by atomic mass is 32.2.